The van der Waals surface area contributed by atoms with Crippen molar-refractivity contribution in [1.29, 1.82) is 0 Å². The normalized spacial score (nSPS) is 8.50. The Labute approximate surface area is 83.3 Å². The van der Waals surface area contributed by atoms with Crippen molar-refractivity contribution in [1.82, 2.24) is 0 Å². The quantitative estimate of drug-likeness (QED) is 0.537. The lowest BCUT2D eigenvalue weighted by atomic mass is 10.1. The van der Waals surface area contributed by atoms with E-state index >= 15 is 0 Å². The highest BCUT2D eigenvalue weighted by Crippen LogP contribution is 2.07. The van der Waals surface area contributed by atoms with Crippen LogP contribution in [0.1, 0.15) is 5.56 Å². The van der Waals surface area contributed by atoms with Gasteiger partial charge >= 0.3 is 5.97 Å². The molecule has 0 aromatic heterocycles. The van der Waals surface area contributed by atoms with Crippen molar-refractivity contribution in [2.24, 2.45) is 0 Å². The van der Waals surface area contributed by atoms with Gasteiger partial charge in [-0.1, -0.05) is 12.1 Å². The van der Waals surface area contributed by atoms with Crippen LogP contribution in [0, 0.1) is 0 Å². The van der Waals surface area contributed by atoms with Gasteiger partial charge in [-0.25, -0.2) is 0 Å². The first-order chi connectivity index (χ1) is 6.72. The summed E-state index contributed by atoms with van der Waals surface area (Å²) in [6.07, 6.45) is 0.279. The number of aliphatic hydroxyl groups excluding tert-OH is 1. The molecule has 4 heteroatoms. The van der Waals surface area contributed by atoms with Crippen molar-refractivity contribution in [2.45, 2.75) is 6.42 Å². The fourth-order valence-electron chi connectivity index (χ4n) is 0.942. The summed E-state index contributed by atoms with van der Waals surface area (Å²) < 4.78 is 4.51. The molecule has 0 heterocycles. The van der Waals surface area contributed by atoms with Crippen LogP contribution < -0.4 is 5.73 Å². The summed E-state index contributed by atoms with van der Waals surface area (Å²) >= 11 is 0. The molecule has 0 radical (unpaired) electrons. The Kier molecular flexibility index (Phi) is 6.15. The Bertz CT molecular complexity index is 286. The van der Waals surface area contributed by atoms with E-state index in [-0.39, 0.29) is 12.4 Å². The number of carbonyl (C=O) groups is 1. The monoisotopic (exact) mass is 197 g/mol. The second kappa shape index (κ2) is 6.91. The average Bonchev–Trinajstić information content (AvgIpc) is 2.21. The second-order valence-corrected chi connectivity index (χ2v) is 2.50. The summed E-state index contributed by atoms with van der Waals surface area (Å²) in [6.45, 7) is 0. The molecule has 0 bridgehead atoms. The van der Waals surface area contributed by atoms with E-state index in [2.05, 4.69) is 4.74 Å². The highest BCUT2D eigenvalue weighted by molar-refractivity contribution is 5.72. The van der Waals surface area contributed by atoms with Crippen molar-refractivity contribution < 1.29 is 14.6 Å². The van der Waals surface area contributed by atoms with Crippen molar-refractivity contribution in [3.63, 3.8) is 0 Å². The highest BCUT2D eigenvalue weighted by atomic mass is 16.5. The standard InChI is InChI=1S/C9H11NO2.CH4O/c1-12-9(11)6-7-3-2-4-8(10)5-7;1-2/h2-5H,6,10H2,1H3;2H,1H3. The topological polar surface area (TPSA) is 72.5 Å². The molecule has 1 rings (SSSR count). The van der Waals surface area contributed by atoms with E-state index in [1.807, 2.05) is 12.1 Å². The maximum absolute atomic E-state index is 10.8. The Hall–Kier alpha value is -1.55. The minimum Gasteiger partial charge on any atom is -0.469 e. The van der Waals surface area contributed by atoms with Crippen molar-refractivity contribution in [3.05, 3.63) is 29.8 Å². The molecule has 0 amide bonds. The van der Waals surface area contributed by atoms with Crippen LogP contribution in [0.25, 0.3) is 0 Å². The molecular weight excluding hydrogens is 182 g/mol. The predicted molar refractivity (Wildman–Crippen MR) is 54.7 cm³/mol. The smallest absolute Gasteiger partial charge is 0.309 e. The van der Waals surface area contributed by atoms with E-state index in [1.54, 1.807) is 12.1 Å². The molecule has 4 nitrogen and oxygen atoms in total. The van der Waals surface area contributed by atoms with Crippen LogP contribution in [0.5, 0.6) is 0 Å². The van der Waals surface area contributed by atoms with Gasteiger partial charge in [0.05, 0.1) is 13.5 Å². The molecule has 0 atom stereocenters. The van der Waals surface area contributed by atoms with Gasteiger partial charge in [0, 0.05) is 12.8 Å². The summed E-state index contributed by atoms with van der Waals surface area (Å²) in [7, 11) is 2.37. The number of anilines is 1. The van der Waals surface area contributed by atoms with Gasteiger partial charge in [0.1, 0.15) is 0 Å². The van der Waals surface area contributed by atoms with Crippen LogP contribution in [0.2, 0.25) is 0 Å². The second-order valence-electron chi connectivity index (χ2n) is 2.50. The number of hydrogen-bond acceptors (Lipinski definition) is 4. The Morgan fingerprint density at radius 3 is 2.64 bits per heavy atom. The Balaban J connectivity index is 0.000000791. The van der Waals surface area contributed by atoms with E-state index < -0.39 is 0 Å². The number of nitrogen functional groups attached to an aromatic ring is 1. The van der Waals surface area contributed by atoms with Gasteiger partial charge in [-0.2, -0.15) is 0 Å². The number of benzene rings is 1. The van der Waals surface area contributed by atoms with Crippen molar-refractivity contribution in [2.75, 3.05) is 20.0 Å². The predicted octanol–water partition coefficient (Wildman–Crippen LogP) is 0.593. The molecule has 14 heavy (non-hydrogen) atoms. The summed E-state index contributed by atoms with van der Waals surface area (Å²) in [6, 6.07) is 7.19. The first kappa shape index (κ1) is 12.4. The maximum Gasteiger partial charge on any atom is 0.309 e. The van der Waals surface area contributed by atoms with E-state index in [9.17, 15) is 4.79 Å². The minimum atomic E-state index is -0.249. The zero-order valence-electron chi connectivity index (χ0n) is 8.36. The van der Waals surface area contributed by atoms with Crippen LogP contribution in [0.4, 0.5) is 5.69 Å². The molecule has 0 saturated carbocycles. The van der Waals surface area contributed by atoms with E-state index in [1.165, 1.54) is 7.11 Å². The maximum atomic E-state index is 10.8. The van der Waals surface area contributed by atoms with Gasteiger partial charge < -0.3 is 15.6 Å². The van der Waals surface area contributed by atoms with Gasteiger partial charge in [0.25, 0.3) is 0 Å². The van der Waals surface area contributed by atoms with Gasteiger partial charge in [-0.3, -0.25) is 4.79 Å². The number of nitrogens with two attached hydrogens (primary N) is 1. The zero-order valence-corrected chi connectivity index (χ0v) is 8.36. The van der Waals surface area contributed by atoms with Crippen molar-refractivity contribution >= 4 is 11.7 Å². The highest BCUT2D eigenvalue weighted by Gasteiger charge is 2.01. The van der Waals surface area contributed by atoms with Gasteiger partial charge in [-0.15, -0.1) is 0 Å². The first-order valence-corrected chi connectivity index (χ1v) is 4.08. The number of hydrogen-bond donors (Lipinski definition) is 2. The minimum absolute atomic E-state index is 0.249. The fourth-order valence-corrected chi connectivity index (χ4v) is 0.942. The molecule has 0 unspecified atom stereocenters. The van der Waals surface area contributed by atoms with Gasteiger partial charge in [0.2, 0.25) is 0 Å². The SMILES string of the molecule is CO.COC(=O)Cc1cccc(N)c1. The van der Waals surface area contributed by atoms with E-state index in [0.717, 1.165) is 12.7 Å². The Morgan fingerprint density at radius 1 is 1.50 bits per heavy atom. The number of ether oxygens (including phenoxy) is 1. The lowest BCUT2D eigenvalue weighted by Crippen LogP contribution is -2.04. The zero-order chi connectivity index (χ0) is 11.0. The molecule has 0 aliphatic rings. The lowest BCUT2D eigenvalue weighted by Gasteiger charge is -2.00. The molecule has 0 saturated heterocycles. The molecule has 0 aliphatic carbocycles. The molecule has 78 valence electrons. The number of methoxy groups -OCH3 is 1. The molecule has 1 aromatic rings. The summed E-state index contributed by atoms with van der Waals surface area (Å²) in [4.78, 5) is 10.8. The Morgan fingerprint density at radius 2 is 2.14 bits per heavy atom. The van der Waals surface area contributed by atoms with Crippen LogP contribution in [-0.4, -0.2) is 25.3 Å². The largest absolute Gasteiger partial charge is 0.469 e. The number of aliphatic hydroxyl groups is 1. The third kappa shape index (κ3) is 4.47. The molecule has 0 fully saturated rings. The third-order valence-corrected chi connectivity index (χ3v) is 1.53. The van der Waals surface area contributed by atoms with Crippen LogP contribution >= 0.6 is 0 Å². The lowest BCUT2D eigenvalue weighted by molar-refractivity contribution is -0.139. The molecular formula is C10H15NO3. The molecule has 0 aliphatic heterocycles. The van der Waals surface area contributed by atoms with Crippen molar-refractivity contribution in [3.8, 4) is 0 Å². The van der Waals surface area contributed by atoms with Gasteiger partial charge in [-0.05, 0) is 17.7 Å². The average molecular weight is 197 g/mol. The fraction of sp³-hybridized carbons (Fsp3) is 0.300. The number of rotatable bonds is 2. The van der Waals surface area contributed by atoms with Crippen LogP contribution in [-0.2, 0) is 16.0 Å². The van der Waals surface area contributed by atoms with Crippen LogP contribution in [0.3, 0.4) is 0 Å². The number of carbonyl (C=O) groups excluding carboxylic acids is 1. The first-order valence-electron chi connectivity index (χ1n) is 4.08. The summed E-state index contributed by atoms with van der Waals surface area (Å²) in [5.41, 5.74) is 7.06. The summed E-state index contributed by atoms with van der Waals surface area (Å²) in [5, 5.41) is 7.00. The van der Waals surface area contributed by atoms with Crippen LogP contribution in [0.15, 0.2) is 24.3 Å². The molecule has 1 aromatic carbocycles. The summed E-state index contributed by atoms with van der Waals surface area (Å²) in [5.74, 6) is -0.249. The molecule has 0 spiro atoms. The molecule has 3 N–H and O–H groups in total. The van der Waals surface area contributed by atoms with E-state index in [4.69, 9.17) is 10.8 Å². The van der Waals surface area contributed by atoms with Gasteiger partial charge in [0.15, 0.2) is 0 Å². The third-order valence-electron chi connectivity index (χ3n) is 1.53. The van der Waals surface area contributed by atoms with E-state index in [0.29, 0.717) is 5.69 Å². The number of esters is 1.